The monoisotopic (exact) mass is 482 g/mol. The number of fused-ring (bicyclic) bond motifs is 1. The van der Waals surface area contributed by atoms with Crippen LogP contribution in [0.25, 0.3) is 17.0 Å². The molecule has 2 aromatic heterocycles. The van der Waals surface area contributed by atoms with Gasteiger partial charge in [0.05, 0.1) is 17.3 Å². The Morgan fingerprint density at radius 1 is 1.06 bits per heavy atom. The van der Waals surface area contributed by atoms with Crippen molar-refractivity contribution in [3.8, 4) is 11.5 Å². The van der Waals surface area contributed by atoms with Gasteiger partial charge >= 0.3 is 0 Å². The van der Waals surface area contributed by atoms with Crippen LogP contribution in [0.5, 0.6) is 11.5 Å². The van der Waals surface area contributed by atoms with E-state index in [0.717, 1.165) is 39.2 Å². The fraction of sp³-hybridized carbons (Fsp3) is 0.214. The van der Waals surface area contributed by atoms with E-state index in [1.807, 2.05) is 74.5 Å². The topological polar surface area (TPSA) is 115 Å². The highest BCUT2D eigenvalue weighted by atomic mass is 16.5. The summed E-state index contributed by atoms with van der Waals surface area (Å²) in [4.78, 5) is 25.0. The van der Waals surface area contributed by atoms with E-state index in [0.29, 0.717) is 18.1 Å². The molecule has 0 saturated heterocycles. The van der Waals surface area contributed by atoms with E-state index in [-0.39, 0.29) is 5.91 Å². The summed E-state index contributed by atoms with van der Waals surface area (Å²) in [5, 5.41) is 7.08. The summed E-state index contributed by atoms with van der Waals surface area (Å²) >= 11 is 0. The van der Waals surface area contributed by atoms with Gasteiger partial charge in [-0.25, -0.2) is 9.97 Å². The van der Waals surface area contributed by atoms with Crippen LogP contribution in [0.1, 0.15) is 30.7 Å². The van der Waals surface area contributed by atoms with Crippen LogP contribution in [0.4, 0.5) is 11.5 Å². The number of carbonyl (C=O) groups excluding carboxylic acids is 1. The molecule has 2 aromatic carbocycles. The number of amides is 1. The van der Waals surface area contributed by atoms with Gasteiger partial charge in [-0.2, -0.15) is 0 Å². The molecule has 8 heteroatoms. The lowest BCUT2D eigenvalue weighted by Crippen LogP contribution is -2.49. The van der Waals surface area contributed by atoms with Gasteiger partial charge in [0.2, 0.25) is 5.91 Å². The van der Waals surface area contributed by atoms with E-state index >= 15 is 0 Å². The zero-order valence-electron chi connectivity index (χ0n) is 20.9. The summed E-state index contributed by atoms with van der Waals surface area (Å²) in [7, 11) is 0. The molecule has 2 heterocycles. The van der Waals surface area contributed by atoms with Crippen molar-refractivity contribution < 1.29 is 9.53 Å². The third-order valence-corrected chi connectivity index (χ3v) is 5.49. The van der Waals surface area contributed by atoms with Gasteiger partial charge in [0, 0.05) is 23.3 Å². The molecule has 4 rings (SSSR count). The molecule has 4 aromatic rings. The highest BCUT2D eigenvalue weighted by Crippen LogP contribution is 2.30. The van der Waals surface area contributed by atoms with Crippen molar-refractivity contribution in [3.05, 3.63) is 84.0 Å². The molecule has 0 spiro atoms. The summed E-state index contributed by atoms with van der Waals surface area (Å²) < 4.78 is 5.98. The molecule has 0 fully saturated rings. The van der Waals surface area contributed by atoms with E-state index in [1.165, 1.54) is 0 Å². The molecular weight excluding hydrogens is 452 g/mol. The summed E-state index contributed by atoms with van der Waals surface area (Å²) in [6.07, 6.45) is 7.08. The van der Waals surface area contributed by atoms with E-state index in [9.17, 15) is 4.79 Å². The molecule has 1 amide bonds. The summed E-state index contributed by atoms with van der Waals surface area (Å²) in [6, 6.07) is 15.6. The number of carbonyl (C=O) groups is 1. The second kappa shape index (κ2) is 10.5. The molecular formula is C28H30N6O2. The van der Waals surface area contributed by atoms with Crippen molar-refractivity contribution in [1.82, 2.24) is 20.3 Å². The lowest BCUT2D eigenvalue weighted by atomic mass is 10.1. The molecule has 0 atom stereocenters. The molecule has 0 saturated carbocycles. The van der Waals surface area contributed by atoms with Crippen molar-refractivity contribution >= 4 is 34.4 Å². The average Bonchev–Trinajstić information content (AvgIpc) is 2.84. The fourth-order valence-electron chi connectivity index (χ4n) is 3.47. The highest BCUT2D eigenvalue weighted by molar-refractivity contribution is 5.92. The smallest absolute Gasteiger partial charge is 0.239 e. The van der Waals surface area contributed by atoms with Gasteiger partial charge in [0.25, 0.3) is 0 Å². The zero-order chi connectivity index (χ0) is 25.7. The number of aromatic nitrogens is 3. The molecule has 0 bridgehead atoms. The zero-order valence-corrected chi connectivity index (χ0v) is 20.9. The van der Waals surface area contributed by atoms with E-state index in [4.69, 9.17) is 10.5 Å². The van der Waals surface area contributed by atoms with Gasteiger partial charge in [-0.15, -0.1) is 0 Å². The first-order valence-corrected chi connectivity index (χ1v) is 11.7. The third kappa shape index (κ3) is 6.22. The van der Waals surface area contributed by atoms with Crippen LogP contribution in [0, 0.1) is 13.8 Å². The van der Waals surface area contributed by atoms with Crippen molar-refractivity contribution in [2.45, 2.75) is 33.2 Å². The van der Waals surface area contributed by atoms with Crippen LogP contribution in [0.2, 0.25) is 0 Å². The van der Waals surface area contributed by atoms with Crippen molar-refractivity contribution in [3.63, 3.8) is 0 Å². The number of hydrogen-bond donors (Lipinski definition) is 3. The van der Waals surface area contributed by atoms with Crippen LogP contribution >= 0.6 is 0 Å². The molecule has 184 valence electrons. The average molecular weight is 483 g/mol. The third-order valence-electron chi connectivity index (χ3n) is 5.49. The number of anilines is 2. The van der Waals surface area contributed by atoms with Crippen LogP contribution in [0.3, 0.4) is 0 Å². The number of pyridine rings is 1. The molecule has 0 unspecified atom stereocenters. The van der Waals surface area contributed by atoms with Gasteiger partial charge < -0.3 is 21.1 Å². The first-order valence-electron chi connectivity index (χ1n) is 11.7. The molecule has 36 heavy (non-hydrogen) atoms. The quantitative estimate of drug-likeness (QED) is 0.322. The Hall–Kier alpha value is -4.30. The normalized spacial score (nSPS) is 11.6. The Bertz CT molecular complexity index is 1410. The maximum atomic E-state index is 11.9. The van der Waals surface area contributed by atoms with Gasteiger partial charge in [-0.1, -0.05) is 18.2 Å². The Labute approximate surface area is 210 Å². The molecule has 0 aliphatic heterocycles. The van der Waals surface area contributed by atoms with Crippen molar-refractivity contribution in [1.29, 1.82) is 0 Å². The summed E-state index contributed by atoms with van der Waals surface area (Å²) in [5.41, 5.74) is 9.49. The molecule has 0 aliphatic rings. The van der Waals surface area contributed by atoms with Crippen molar-refractivity contribution in [2.24, 2.45) is 5.73 Å². The number of ether oxygens (including phenoxy) is 1. The first kappa shape index (κ1) is 24.8. The second-order valence-corrected chi connectivity index (χ2v) is 9.18. The molecule has 8 nitrogen and oxygen atoms in total. The largest absolute Gasteiger partial charge is 0.455 e. The van der Waals surface area contributed by atoms with Crippen LogP contribution in [-0.4, -0.2) is 32.9 Å². The minimum Gasteiger partial charge on any atom is -0.455 e. The Balaban J connectivity index is 1.49. The Morgan fingerprint density at radius 3 is 2.61 bits per heavy atom. The van der Waals surface area contributed by atoms with Gasteiger partial charge in [0.15, 0.2) is 0 Å². The highest BCUT2D eigenvalue weighted by Gasteiger charge is 2.20. The van der Waals surface area contributed by atoms with Gasteiger partial charge in [-0.05, 0) is 81.3 Å². The lowest BCUT2D eigenvalue weighted by molar-refractivity contribution is -0.124. The number of nitrogens with one attached hydrogen (secondary N) is 2. The number of rotatable bonds is 8. The van der Waals surface area contributed by atoms with E-state index in [1.54, 1.807) is 26.4 Å². The SMILES string of the molecule is Cc1ccc(Oc2ccc(Nc3ncnc4ccc(C=CCNC(=O)C(C)(C)N)cc34)cc2C)cn1. The van der Waals surface area contributed by atoms with Crippen LogP contribution in [-0.2, 0) is 4.79 Å². The number of nitrogens with zero attached hydrogens (tertiary/aromatic N) is 3. The van der Waals surface area contributed by atoms with Gasteiger partial charge in [0.1, 0.15) is 23.6 Å². The Morgan fingerprint density at radius 2 is 1.89 bits per heavy atom. The predicted octanol–water partition coefficient (Wildman–Crippen LogP) is 5.04. The summed E-state index contributed by atoms with van der Waals surface area (Å²) in [6.45, 7) is 7.67. The number of nitrogens with two attached hydrogens (primary N) is 1. The maximum absolute atomic E-state index is 11.9. The van der Waals surface area contributed by atoms with E-state index < -0.39 is 5.54 Å². The number of hydrogen-bond acceptors (Lipinski definition) is 7. The van der Waals surface area contributed by atoms with Crippen LogP contribution in [0.15, 0.2) is 67.1 Å². The predicted molar refractivity (Wildman–Crippen MR) is 143 cm³/mol. The van der Waals surface area contributed by atoms with Crippen LogP contribution < -0.4 is 21.1 Å². The first-order chi connectivity index (χ1) is 17.2. The lowest BCUT2D eigenvalue weighted by Gasteiger charge is -2.16. The number of benzene rings is 2. The molecule has 0 radical (unpaired) electrons. The van der Waals surface area contributed by atoms with Gasteiger partial charge in [-0.3, -0.25) is 9.78 Å². The maximum Gasteiger partial charge on any atom is 0.239 e. The molecule has 4 N–H and O–H groups in total. The van der Waals surface area contributed by atoms with Crippen molar-refractivity contribution in [2.75, 3.05) is 11.9 Å². The van der Waals surface area contributed by atoms with E-state index in [2.05, 4.69) is 25.6 Å². The molecule has 0 aliphatic carbocycles. The Kier molecular flexibility index (Phi) is 7.26. The second-order valence-electron chi connectivity index (χ2n) is 9.18. The minimum atomic E-state index is -0.907. The minimum absolute atomic E-state index is 0.201. The standard InChI is InChI=1S/C28H30N6O2/c1-18-14-21(9-12-25(18)36-22-10-7-19(2)31-16-22)34-26-23-15-20(8-11-24(23)32-17-33-26)6-5-13-30-27(35)28(3,4)29/h5-12,14-17H,13,29H2,1-4H3,(H,30,35)(H,32,33,34). The summed E-state index contributed by atoms with van der Waals surface area (Å²) in [5.74, 6) is 1.95. The number of aryl methyl sites for hydroxylation is 2. The fourth-order valence-corrected chi connectivity index (χ4v) is 3.47.